The summed E-state index contributed by atoms with van der Waals surface area (Å²) < 4.78 is 40.7. The maximum absolute atomic E-state index is 13.7. The second-order valence-corrected chi connectivity index (χ2v) is 5.12. The lowest BCUT2D eigenvalue weighted by atomic mass is 9.99. The molecule has 1 aromatic carbocycles. The Labute approximate surface area is 122 Å². The molecule has 0 saturated heterocycles. The fourth-order valence-corrected chi connectivity index (χ4v) is 2.28. The Morgan fingerprint density at radius 3 is 2.60 bits per heavy atom. The number of hydrogen-bond donors (Lipinski definition) is 2. The zero-order valence-corrected chi connectivity index (χ0v) is 11.8. The minimum atomic E-state index is -1.50. The number of pyridine rings is 1. The maximum Gasteiger partial charge on any atom is 0.194 e. The summed E-state index contributed by atoms with van der Waals surface area (Å²) in [6, 6.07) is 3.14. The fraction of sp³-hybridized carbons (Fsp3) is 0.154. The van der Waals surface area contributed by atoms with Gasteiger partial charge in [0.1, 0.15) is 0 Å². The van der Waals surface area contributed by atoms with Gasteiger partial charge in [0.25, 0.3) is 0 Å². The highest BCUT2D eigenvalue weighted by molar-refractivity contribution is 9.10. The highest BCUT2D eigenvalue weighted by Gasteiger charge is 2.20. The smallest absolute Gasteiger partial charge is 0.194 e. The molecule has 1 heterocycles. The maximum atomic E-state index is 13.7. The van der Waals surface area contributed by atoms with Gasteiger partial charge in [0.05, 0.1) is 6.04 Å². The second-order valence-electron chi connectivity index (χ2n) is 4.20. The minimum Gasteiger partial charge on any atom is -0.271 e. The largest absolute Gasteiger partial charge is 0.271 e. The van der Waals surface area contributed by atoms with E-state index in [0.29, 0.717) is 0 Å². The van der Waals surface area contributed by atoms with Crippen LogP contribution in [0.4, 0.5) is 13.2 Å². The van der Waals surface area contributed by atoms with Crippen LogP contribution in [0, 0.1) is 17.5 Å². The third-order valence-electron chi connectivity index (χ3n) is 2.84. The molecule has 3 N–H and O–H groups in total. The molecule has 0 saturated carbocycles. The number of halogens is 4. The van der Waals surface area contributed by atoms with E-state index in [9.17, 15) is 13.2 Å². The van der Waals surface area contributed by atoms with Crippen molar-refractivity contribution in [3.8, 4) is 0 Å². The summed E-state index contributed by atoms with van der Waals surface area (Å²) in [6.45, 7) is 0. The van der Waals surface area contributed by atoms with E-state index >= 15 is 0 Å². The predicted octanol–water partition coefficient (Wildman–Crippen LogP) is 3.01. The molecule has 0 bridgehead atoms. The van der Waals surface area contributed by atoms with E-state index in [1.807, 2.05) is 0 Å². The fourth-order valence-electron chi connectivity index (χ4n) is 1.87. The van der Waals surface area contributed by atoms with Crippen molar-refractivity contribution in [2.75, 3.05) is 0 Å². The number of benzene rings is 1. The van der Waals surface area contributed by atoms with E-state index in [1.54, 1.807) is 18.5 Å². The molecule has 20 heavy (non-hydrogen) atoms. The summed E-state index contributed by atoms with van der Waals surface area (Å²) in [7, 11) is 0. The number of aromatic nitrogens is 1. The number of nitrogens with zero attached hydrogens (tertiary/aromatic N) is 1. The standard InChI is InChI=1S/C13H11BrF3N3/c14-8-3-7(5-19-6-8)4-11(20-18)9-1-2-10(15)13(17)12(9)16/h1-3,5-6,11,20H,4,18H2. The monoisotopic (exact) mass is 345 g/mol. The van der Waals surface area contributed by atoms with Crippen LogP contribution in [0.15, 0.2) is 35.1 Å². The number of rotatable bonds is 4. The highest BCUT2D eigenvalue weighted by atomic mass is 79.9. The molecule has 0 fully saturated rings. The first-order valence-electron chi connectivity index (χ1n) is 5.72. The van der Waals surface area contributed by atoms with Crippen molar-refractivity contribution in [1.29, 1.82) is 0 Å². The summed E-state index contributed by atoms with van der Waals surface area (Å²) >= 11 is 3.27. The van der Waals surface area contributed by atoms with Gasteiger partial charge in [-0.2, -0.15) is 0 Å². The molecule has 7 heteroatoms. The number of nitrogens with one attached hydrogen (secondary N) is 1. The summed E-state index contributed by atoms with van der Waals surface area (Å²) in [5.41, 5.74) is 3.14. The molecule has 1 unspecified atom stereocenters. The topological polar surface area (TPSA) is 50.9 Å². The lowest BCUT2D eigenvalue weighted by Gasteiger charge is -2.17. The minimum absolute atomic E-state index is 0.0358. The molecule has 0 amide bonds. The van der Waals surface area contributed by atoms with E-state index in [4.69, 9.17) is 5.84 Å². The van der Waals surface area contributed by atoms with Crippen molar-refractivity contribution in [3.63, 3.8) is 0 Å². The van der Waals surface area contributed by atoms with Crippen LogP contribution in [0.3, 0.4) is 0 Å². The van der Waals surface area contributed by atoms with E-state index in [1.165, 1.54) is 6.07 Å². The molecule has 0 spiro atoms. The lowest BCUT2D eigenvalue weighted by molar-refractivity contribution is 0.424. The van der Waals surface area contributed by atoms with Crippen molar-refractivity contribution in [1.82, 2.24) is 10.4 Å². The highest BCUT2D eigenvalue weighted by Crippen LogP contribution is 2.24. The molecule has 2 aromatic rings. The molecule has 3 nitrogen and oxygen atoms in total. The molecule has 2 rings (SSSR count). The average molecular weight is 346 g/mol. The van der Waals surface area contributed by atoms with Crippen molar-refractivity contribution in [3.05, 3.63) is 63.6 Å². The van der Waals surface area contributed by atoms with Crippen LogP contribution in [0.1, 0.15) is 17.2 Å². The summed E-state index contributed by atoms with van der Waals surface area (Å²) in [5, 5.41) is 0. The van der Waals surface area contributed by atoms with Gasteiger partial charge in [-0.15, -0.1) is 0 Å². The molecule has 1 aromatic heterocycles. The van der Waals surface area contributed by atoms with Crippen molar-refractivity contribution in [2.45, 2.75) is 12.5 Å². The van der Waals surface area contributed by atoms with Gasteiger partial charge in [-0.1, -0.05) is 6.07 Å². The van der Waals surface area contributed by atoms with E-state index in [-0.39, 0.29) is 12.0 Å². The second kappa shape index (κ2) is 6.34. The van der Waals surface area contributed by atoms with Crippen LogP contribution in [0.25, 0.3) is 0 Å². The quantitative estimate of drug-likeness (QED) is 0.508. The Kier molecular flexibility index (Phi) is 4.74. The zero-order valence-electron chi connectivity index (χ0n) is 10.2. The average Bonchev–Trinajstić information content (AvgIpc) is 2.43. The normalized spacial score (nSPS) is 12.4. The third kappa shape index (κ3) is 3.17. The van der Waals surface area contributed by atoms with Gasteiger partial charge in [0, 0.05) is 22.4 Å². The van der Waals surface area contributed by atoms with Gasteiger partial charge < -0.3 is 0 Å². The van der Waals surface area contributed by atoms with Gasteiger partial charge in [0.2, 0.25) is 0 Å². The number of hydrogen-bond acceptors (Lipinski definition) is 3. The van der Waals surface area contributed by atoms with Gasteiger partial charge in [-0.05, 0) is 40.0 Å². The molecule has 106 valence electrons. The first-order valence-corrected chi connectivity index (χ1v) is 6.51. The Morgan fingerprint density at radius 1 is 1.20 bits per heavy atom. The Hall–Kier alpha value is -1.44. The lowest BCUT2D eigenvalue weighted by Crippen LogP contribution is -2.30. The van der Waals surface area contributed by atoms with Crippen LogP contribution in [0.5, 0.6) is 0 Å². The first-order chi connectivity index (χ1) is 9.52. The molecule has 1 atom stereocenters. The van der Waals surface area contributed by atoms with Crippen molar-refractivity contribution < 1.29 is 13.2 Å². The van der Waals surface area contributed by atoms with Gasteiger partial charge in [0.15, 0.2) is 17.5 Å². The van der Waals surface area contributed by atoms with Crippen LogP contribution in [-0.4, -0.2) is 4.98 Å². The SMILES string of the molecule is NNC(Cc1cncc(Br)c1)c1ccc(F)c(F)c1F. The van der Waals surface area contributed by atoms with E-state index in [2.05, 4.69) is 26.3 Å². The Morgan fingerprint density at radius 2 is 1.95 bits per heavy atom. The van der Waals surface area contributed by atoms with Crippen LogP contribution in [0.2, 0.25) is 0 Å². The Bertz CT molecular complexity index is 622. The molecular weight excluding hydrogens is 335 g/mol. The molecule has 0 radical (unpaired) electrons. The van der Waals surface area contributed by atoms with Gasteiger partial charge >= 0.3 is 0 Å². The van der Waals surface area contributed by atoms with Crippen LogP contribution >= 0.6 is 15.9 Å². The molecule has 0 aliphatic carbocycles. The van der Waals surface area contributed by atoms with Gasteiger partial charge in [-0.25, -0.2) is 13.2 Å². The molecular formula is C13H11BrF3N3. The number of nitrogens with two attached hydrogens (primary N) is 1. The van der Waals surface area contributed by atoms with Gasteiger partial charge in [-0.3, -0.25) is 16.3 Å². The molecule has 0 aliphatic heterocycles. The van der Waals surface area contributed by atoms with E-state index in [0.717, 1.165) is 16.1 Å². The first kappa shape index (κ1) is 15.0. The van der Waals surface area contributed by atoms with Crippen molar-refractivity contribution >= 4 is 15.9 Å². The Balaban J connectivity index is 2.31. The van der Waals surface area contributed by atoms with E-state index < -0.39 is 23.5 Å². The summed E-state index contributed by atoms with van der Waals surface area (Å²) in [6.07, 6.45) is 3.48. The van der Waals surface area contributed by atoms with Crippen LogP contribution < -0.4 is 11.3 Å². The third-order valence-corrected chi connectivity index (χ3v) is 3.28. The van der Waals surface area contributed by atoms with Crippen LogP contribution in [-0.2, 0) is 6.42 Å². The predicted molar refractivity (Wildman–Crippen MR) is 72.0 cm³/mol. The van der Waals surface area contributed by atoms with Crippen molar-refractivity contribution in [2.24, 2.45) is 5.84 Å². The zero-order chi connectivity index (χ0) is 14.7. The summed E-state index contributed by atoms with van der Waals surface area (Å²) in [5.74, 6) is 1.41. The number of hydrazine groups is 1. The summed E-state index contributed by atoms with van der Waals surface area (Å²) in [4.78, 5) is 3.98. The molecule has 0 aliphatic rings.